The molecule has 1 heterocycles. The second kappa shape index (κ2) is 6.48. The average molecular weight is 377 g/mol. The Morgan fingerprint density at radius 1 is 1.35 bits per heavy atom. The van der Waals surface area contributed by atoms with Crippen LogP contribution in [0.2, 0.25) is 10.0 Å². The molecule has 1 atom stereocenters. The van der Waals surface area contributed by atoms with Crippen molar-refractivity contribution in [2.45, 2.75) is 25.8 Å². The molecule has 0 radical (unpaired) electrons. The third-order valence-electron chi connectivity index (χ3n) is 3.30. The third-order valence-corrected chi connectivity index (χ3v) is 5.04. The molecule has 2 aromatic rings. The summed E-state index contributed by atoms with van der Waals surface area (Å²) in [5, 5.41) is 5.75. The summed E-state index contributed by atoms with van der Waals surface area (Å²) in [4.78, 5) is 0. The average Bonchev–Trinajstić information content (AvgIpc) is 2.69. The van der Waals surface area contributed by atoms with Crippen LogP contribution in [0.3, 0.4) is 0 Å². The minimum absolute atomic E-state index is 0.224. The summed E-state index contributed by atoms with van der Waals surface area (Å²) in [6.45, 7) is 2.03. The first-order valence-electron chi connectivity index (χ1n) is 6.35. The highest BCUT2D eigenvalue weighted by Gasteiger charge is 2.19. The molecule has 0 amide bonds. The molecule has 3 nitrogen and oxygen atoms in total. The Morgan fingerprint density at radius 3 is 2.65 bits per heavy atom. The van der Waals surface area contributed by atoms with E-state index in [1.165, 1.54) is 0 Å². The van der Waals surface area contributed by atoms with Crippen molar-refractivity contribution < 1.29 is 0 Å². The van der Waals surface area contributed by atoms with Gasteiger partial charge in [-0.25, -0.2) is 0 Å². The van der Waals surface area contributed by atoms with Crippen LogP contribution in [-0.2, 0) is 19.9 Å². The van der Waals surface area contributed by atoms with Gasteiger partial charge in [0.25, 0.3) is 0 Å². The first kappa shape index (κ1) is 15.8. The molecule has 1 aromatic heterocycles. The van der Waals surface area contributed by atoms with Crippen molar-refractivity contribution >= 4 is 39.1 Å². The van der Waals surface area contributed by atoms with Gasteiger partial charge in [0, 0.05) is 24.0 Å². The maximum atomic E-state index is 6.35. The van der Waals surface area contributed by atoms with E-state index < -0.39 is 0 Å². The highest BCUT2D eigenvalue weighted by atomic mass is 79.9. The Kier molecular flexibility index (Phi) is 5.13. The van der Waals surface area contributed by atoms with E-state index in [1.54, 1.807) is 4.68 Å². The van der Waals surface area contributed by atoms with E-state index in [1.807, 2.05) is 32.2 Å². The van der Waals surface area contributed by atoms with Gasteiger partial charge in [-0.15, -0.1) is 0 Å². The largest absolute Gasteiger partial charge is 0.324 e. The normalized spacial score (nSPS) is 12.7. The second-order valence-corrected chi connectivity index (χ2v) is 6.25. The van der Waals surface area contributed by atoms with Gasteiger partial charge in [0.05, 0.1) is 21.4 Å². The minimum atomic E-state index is -0.224. The van der Waals surface area contributed by atoms with Crippen LogP contribution in [-0.4, -0.2) is 9.78 Å². The lowest BCUT2D eigenvalue weighted by Gasteiger charge is -2.15. The van der Waals surface area contributed by atoms with E-state index in [4.69, 9.17) is 28.9 Å². The van der Waals surface area contributed by atoms with E-state index in [2.05, 4.69) is 21.0 Å². The van der Waals surface area contributed by atoms with Crippen LogP contribution in [0.5, 0.6) is 0 Å². The number of aromatic nitrogens is 2. The van der Waals surface area contributed by atoms with E-state index in [9.17, 15) is 0 Å². The first-order chi connectivity index (χ1) is 9.45. The second-order valence-electron chi connectivity index (χ2n) is 4.64. The van der Waals surface area contributed by atoms with Gasteiger partial charge in [-0.2, -0.15) is 5.10 Å². The molecule has 0 aliphatic carbocycles. The molecule has 108 valence electrons. The topological polar surface area (TPSA) is 43.8 Å². The molecule has 2 N–H and O–H groups in total. The molecule has 0 bridgehead atoms. The van der Waals surface area contributed by atoms with Gasteiger partial charge in [-0.3, -0.25) is 4.68 Å². The smallest absolute Gasteiger partial charge is 0.0850 e. The zero-order chi connectivity index (χ0) is 14.9. The lowest BCUT2D eigenvalue weighted by Crippen LogP contribution is -2.16. The monoisotopic (exact) mass is 375 g/mol. The molecular formula is C14H16BrCl2N3. The SMILES string of the molecule is CCc1nn(C)c(CC(N)c2cccc(Br)c2Cl)c1Cl. The summed E-state index contributed by atoms with van der Waals surface area (Å²) < 4.78 is 2.64. The fraction of sp³-hybridized carbons (Fsp3) is 0.357. The number of hydrogen-bond acceptors (Lipinski definition) is 2. The van der Waals surface area contributed by atoms with Crippen LogP contribution in [0.25, 0.3) is 0 Å². The molecule has 0 aliphatic rings. The van der Waals surface area contributed by atoms with Crippen molar-refractivity contribution in [2.75, 3.05) is 0 Å². The highest BCUT2D eigenvalue weighted by molar-refractivity contribution is 9.10. The van der Waals surface area contributed by atoms with Gasteiger partial charge >= 0.3 is 0 Å². The zero-order valence-corrected chi connectivity index (χ0v) is 14.4. The van der Waals surface area contributed by atoms with Gasteiger partial charge in [0.2, 0.25) is 0 Å². The van der Waals surface area contributed by atoms with Crippen LogP contribution in [0.1, 0.15) is 29.9 Å². The summed E-state index contributed by atoms with van der Waals surface area (Å²) >= 11 is 16.0. The summed E-state index contributed by atoms with van der Waals surface area (Å²) in [5.74, 6) is 0. The number of rotatable bonds is 4. The quantitative estimate of drug-likeness (QED) is 0.864. The molecule has 0 aliphatic heterocycles. The van der Waals surface area contributed by atoms with Crippen molar-refractivity contribution in [1.29, 1.82) is 0 Å². The van der Waals surface area contributed by atoms with Gasteiger partial charge in [-0.1, -0.05) is 42.3 Å². The number of aryl methyl sites for hydroxylation is 2. The Balaban J connectivity index is 2.30. The Hall–Kier alpha value is -0.550. The molecule has 1 unspecified atom stereocenters. The molecule has 2 rings (SSSR count). The number of benzene rings is 1. The van der Waals surface area contributed by atoms with Crippen LogP contribution >= 0.6 is 39.1 Å². The van der Waals surface area contributed by atoms with Crippen LogP contribution in [0, 0.1) is 0 Å². The standard InChI is InChI=1S/C14H16BrCl2N3/c1-3-11-14(17)12(20(2)19-11)7-10(18)8-5-4-6-9(15)13(8)16/h4-6,10H,3,7,18H2,1-2H3. The van der Waals surface area contributed by atoms with Crippen molar-refractivity contribution in [3.8, 4) is 0 Å². The molecule has 6 heteroatoms. The number of nitrogens with two attached hydrogens (primary N) is 1. The molecule has 0 saturated carbocycles. The first-order valence-corrected chi connectivity index (χ1v) is 7.90. The van der Waals surface area contributed by atoms with Crippen molar-refractivity contribution in [1.82, 2.24) is 9.78 Å². The lowest BCUT2D eigenvalue weighted by molar-refractivity contribution is 0.638. The molecule has 0 fully saturated rings. The Morgan fingerprint density at radius 2 is 2.05 bits per heavy atom. The number of nitrogens with zero attached hydrogens (tertiary/aromatic N) is 2. The predicted octanol–water partition coefficient (Wildman–Crippen LogP) is 4.29. The Labute approximate surface area is 137 Å². The fourth-order valence-electron chi connectivity index (χ4n) is 2.17. The number of halogens is 3. The summed E-state index contributed by atoms with van der Waals surface area (Å²) in [6.07, 6.45) is 1.40. The third kappa shape index (κ3) is 3.03. The summed E-state index contributed by atoms with van der Waals surface area (Å²) in [7, 11) is 1.88. The maximum Gasteiger partial charge on any atom is 0.0850 e. The van der Waals surface area contributed by atoms with Crippen LogP contribution in [0.4, 0.5) is 0 Å². The van der Waals surface area contributed by atoms with Gasteiger partial charge in [-0.05, 0) is 34.0 Å². The van der Waals surface area contributed by atoms with Crippen molar-refractivity contribution in [3.63, 3.8) is 0 Å². The summed E-state index contributed by atoms with van der Waals surface area (Å²) in [5.41, 5.74) is 9.02. The molecule has 0 spiro atoms. The van der Waals surface area contributed by atoms with E-state index >= 15 is 0 Å². The maximum absolute atomic E-state index is 6.35. The molecule has 1 aromatic carbocycles. The van der Waals surface area contributed by atoms with E-state index in [0.29, 0.717) is 16.5 Å². The fourth-order valence-corrected chi connectivity index (χ4v) is 3.19. The molecule has 0 saturated heterocycles. The zero-order valence-electron chi connectivity index (χ0n) is 11.3. The van der Waals surface area contributed by atoms with Crippen molar-refractivity contribution in [3.05, 3.63) is 49.7 Å². The van der Waals surface area contributed by atoms with Gasteiger partial charge < -0.3 is 5.73 Å². The van der Waals surface area contributed by atoms with Crippen LogP contribution in [0.15, 0.2) is 22.7 Å². The van der Waals surface area contributed by atoms with Gasteiger partial charge in [0.1, 0.15) is 0 Å². The lowest BCUT2D eigenvalue weighted by atomic mass is 10.0. The van der Waals surface area contributed by atoms with E-state index in [-0.39, 0.29) is 6.04 Å². The molecular weight excluding hydrogens is 361 g/mol. The summed E-state index contributed by atoms with van der Waals surface area (Å²) in [6, 6.07) is 5.53. The van der Waals surface area contributed by atoms with Gasteiger partial charge in [0.15, 0.2) is 0 Å². The predicted molar refractivity (Wildman–Crippen MR) is 87.4 cm³/mol. The molecule has 20 heavy (non-hydrogen) atoms. The van der Waals surface area contributed by atoms with Crippen LogP contribution < -0.4 is 5.73 Å². The minimum Gasteiger partial charge on any atom is -0.324 e. The van der Waals surface area contributed by atoms with Crippen molar-refractivity contribution in [2.24, 2.45) is 12.8 Å². The number of hydrogen-bond donors (Lipinski definition) is 1. The van der Waals surface area contributed by atoms with E-state index in [0.717, 1.165) is 27.8 Å². The highest BCUT2D eigenvalue weighted by Crippen LogP contribution is 2.32. The Bertz CT molecular complexity index is 625.